The van der Waals surface area contributed by atoms with Gasteiger partial charge in [-0.3, -0.25) is 9.59 Å². The van der Waals surface area contributed by atoms with Crippen LogP contribution in [0.1, 0.15) is 38.9 Å². The van der Waals surface area contributed by atoms with E-state index in [-0.39, 0.29) is 0 Å². The van der Waals surface area contributed by atoms with E-state index in [4.69, 9.17) is 14.2 Å². The van der Waals surface area contributed by atoms with Gasteiger partial charge in [0.15, 0.2) is 0 Å². The molecule has 0 amide bonds. The molecule has 3 aromatic carbocycles. The maximum atomic E-state index is 13.3. The van der Waals surface area contributed by atoms with Crippen molar-refractivity contribution >= 4 is 17.9 Å². The van der Waals surface area contributed by atoms with Crippen molar-refractivity contribution in [3.8, 4) is 11.1 Å². The summed E-state index contributed by atoms with van der Waals surface area (Å²) in [5, 5.41) is 0. The number of hydrogen-bond donors (Lipinski definition) is 0. The third kappa shape index (κ3) is 3.89. The van der Waals surface area contributed by atoms with Gasteiger partial charge in [0.1, 0.15) is 0 Å². The van der Waals surface area contributed by atoms with Gasteiger partial charge in [-0.2, -0.15) is 0 Å². The Hall–Kier alpha value is -3.93. The molecule has 6 heteroatoms. The Bertz CT molecular complexity index is 1150. The normalized spacial score (nSPS) is 13.9. The van der Waals surface area contributed by atoms with Crippen LogP contribution in [0, 0.1) is 5.92 Å². The van der Waals surface area contributed by atoms with Crippen LogP contribution in [-0.2, 0) is 23.8 Å². The Morgan fingerprint density at radius 3 is 1.67 bits per heavy atom. The van der Waals surface area contributed by atoms with E-state index >= 15 is 0 Å². The van der Waals surface area contributed by atoms with Crippen LogP contribution in [0.5, 0.6) is 0 Å². The average Bonchev–Trinajstić information content (AvgIpc) is 3.20. The number of ether oxygens (including phenoxy) is 3. The Balaban J connectivity index is 1.89. The van der Waals surface area contributed by atoms with Crippen molar-refractivity contribution in [2.45, 2.75) is 11.8 Å². The smallest absolute Gasteiger partial charge is 0.337 e. The molecule has 0 aromatic heterocycles. The van der Waals surface area contributed by atoms with Crippen LogP contribution in [0.2, 0.25) is 0 Å². The molecular formula is C27H24O6. The lowest BCUT2D eigenvalue weighted by molar-refractivity contribution is -0.154. The molecule has 0 spiro atoms. The highest BCUT2D eigenvalue weighted by molar-refractivity contribution is 5.91. The molecule has 3 aromatic rings. The minimum Gasteiger partial charge on any atom is -0.469 e. The summed E-state index contributed by atoms with van der Waals surface area (Å²) in [6.45, 7) is 0. The fourth-order valence-corrected chi connectivity index (χ4v) is 4.74. The molecular weight excluding hydrogens is 420 g/mol. The van der Waals surface area contributed by atoms with E-state index in [9.17, 15) is 14.4 Å². The molecule has 0 bridgehead atoms. The first kappa shape index (κ1) is 22.3. The molecule has 0 fully saturated rings. The van der Waals surface area contributed by atoms with Gasteiger partial charge in [0.25, 0.3) is 0 Å². The number of carbonyl (C=O) groups is 3. The Morgan fingerprint density at radius 1 is 0.667 bits per heavy atom. The van der Waals surface area contributed by atoms with Crippen LogP contribution < -0.4 is 0 Å². The summed E-state index contributed by atoms with van der Waals surface area (Å²) in [6, 6.07) is 22.2. The SMILES string of the molecule is COC(=O)c1ccc(C(C(=O)OC)C(C(=O)OC)C2c3ccccc3-c3ccccc32)cc1. The summed E-state index contributed by atoms with van der Waals surface area (Å²) in [5.41, 5.74) is 4.85. The number of esters is 3. The fraction of sp³-hybridized carbons (Fsp3) is 0.222. The van der Waals surface area contributed by atoms with Gasteiger partial charge in [-0.25, -0.2) is 4.79 Å². The Morgan fingerprint density at radius 2 is 1.18 bits per heavy atom. The zero-order chi connectivity index (χ0) is 23.5. The minimum absolute atomic E-state index is 0.344. The molecule has 0 radical (unpaired) electrons. The fourth-order valence-electron chi connectivity index (χ4n) is 4.74. The summed E-state index contributed by atoms with van der Waals surface area (Å²) in [4.78, 5) is 38.2. The van der Waals surface area contributed by atoms with Crippen molar-refractivity contribution in [3.05, 3.63) is 95.1 Å². The first-order valence-corrected chi connectivity index (χ1v) is 10.5. The molecule has 2 atom stereocenters. The van der Waals surface area contributed by atoms with Gasteiger partial charge in [0.2, 0.25) is 0 Å². The quantitative estimate of drug-likeness (QED) is 0.416. The lowest BCUT2D eigenvalue weighted by Crippen LogP contribution is -2.34. The summed E-state index contributed by atoms with van der Waals surface area (Å²) in [7, 11) is 3.91. The molecule has 0 N–H and O–H groups in total. The molecule has 1 aliphatic carbocycles. The van der Waals surface area contributed by atoms with Crippen molar-refractivity contribution in [3.63, 3.8) is 0 Å². The van der Waals surface area contributed by atoms with Crippen LogP contribution in [0.25, 0.3) is 11.1 Å². The third-order valence-corrected chi connectivity index (χ3v) is 6.22. The van der Waals surface area contributed by atoms with E-state index in [1.165, 1.54) is 21.3 Å². The monoisotopic (exact) mass is 444 g/mol. The highest BCUT2D eigenvalue weighted by atomic mass is 16.5. The van der Waals surface area contributed by atoms with Gasteiger partial charge in [0.05, 0.1) is 38.7 Å². The number of benzene rings is 3. The van der Waals surface area contributed by atoms with Gasteiger partial charge in [-0.15, -0.1) is 0 Å². The van der Waals surface area contributed by atoms with Gasteiger partial charge in [-0.05, 0) is 39.9 Å². The first-order chi connectivity index (χ1) is 16.0. The second kappa shape index (κ2) is 9.28. The zero-order valence-electron chi connectivity index (χ0n) is 18.6. The summed E-state index contributed by atoms with van der Waals surface area (Å²) in [5.74, 6) is -3.79. The highest BCUT2D eigenvalue weighted by Crippen LogP contribution is 2.51. The van der Waals surface area contributed by atoms with Crippen LogP contribution >= 0.6 is 0 Å². The van der Waals surface area contributed by atoms with Gasteiger partial charge in [-0.1, -0.05) is 60.7 Å². The third-order valence-electron chi connectivity index (χ3n) is 6.22. The lowest BCUT2D eigenvalue weighted by atomic mass is 9.73. The van der Waals surface area contributed by atoms with Gasteiger partial charge in [0, 0.05) is 5.92 Å². The van der Waals surface area contributed by atoms with Crippen LogP contribution in [0.3, 0.4) is 0 Å². The van der Waals surface area contributed by atoms with Crippen LogP contribution in [-0.4, -0.2) is 39.2 Å². The number of rotatable bonds is 6. The largest absolute Gasteiger partial charge is 0.469 e. The molecule has 4 rings (SSSR count). The molecule has 2 unspecified atom stereocenters. The maximum Gasteiger partial charge on any atom is 0.337 e. The van der Waals surface area contributed by atoms with E-state index in [0.717, 1.165) is 22.3 Å². The lowest BCUT2D eigenvalue weighted by Gasteiger charge is -2.29. The molecule has 33 heavy (non-hydrogen) atoms. The van der Waals surface area contributed by atoms with Gasteiger partial charge < -0.3 is 14.2 Å². The van der Waals surface area contributed by atoms with Crippen molar-refractivity contribution in [2.24, 2.45) is 5.92 Å². The molecule has 168 valence electrons. The van der Waals surface area contributed by atoms with E-state index in [0.29, 0.717) is 11.1 Å². The van der Waals surface area contributed by atoms with Crippen molar-refractivity contribution in [1.29, 1.82) is 0 Å². The van der Waals surface area contributed by atoms with Gasteiger partial charge >= 0.3 is 17.9 Å². The van der Waals surface area contributed by atoms with E-state index < -0.39 is 35.7 Å². The number of carbonyl (C=O) groups excluding carboxylic acids is 3. The zero-order valence-corrected chi connectivity index (χ0v) is 18.6. The molecule has 0 heterocycles. The summed E-state index contributed by atoms with van der Waals surface area (Å²) < 4.78 is 15.1. The first-order valence-electron chi connectivity index (χ1n) is 10.5. The van der Waals surface area contributed by atoms with Crippen molar-refractivity contribution < 1.29 is 28.6 Å². The number of hydrogen-bond acceptors (Lipinski definition) is 6. The second-order valence-corrected chi connectivity index (χ2v) is 7.82. The van der Waals surface area contributed by atoms with Crippen LogP contribution in [0.4, 0.5) is 0 Å². The predicted molar refractivity (Wildman–Crippen MR) is 122 cm³/mol. The van der Waals surface area contributed by atoms with E-state index in [1.54, 1.807) is 24.3 Å². The van der Waals surface area contributed by atoms with Crippen molar-refractivity contribution in [1.82, 2.24) is 0 Å². The summed E-state index contributed by atoms with van der Waals surface area (Å²) in [6.07, 6.45) is 0. The van der Waals surface area contributed by atoms with Crippen molar-refractivity contribution in [2.75, 3.05) is 21.3 Å². The predicted octanol–water partition coefficient (Wildman–Crippen LogP) is 4.33. The summed E-state index contributed by atoms with van der Waals surface area (Å²) >= 11 is 0. The Kier molecular flexibility index (Phi) is 6.27. The molecule has 1 aliphatic rings. The minimum atomic E-state index is -0.946. The van der Waals surface area contributed by atoms with Crippen LogP contribution in [0.15, 0.2) is 72.8 Å². The topological polar surface area (TPSA) is 78.9 Å². The number of methoxy groups -OCH3 is 3. The molecule has 6 nitrogen and oxygen atoms in total. The second-order valence-electron chi connectivity index (χ2n) is 7.82. The molecule has 0 saturated carbocycles. The highest BCUT2D eigenvalue weighted by Gasteiger charge is 2.46. The maximum absolute atomic E-state index is 13.3. The average molecular weight is 444 g/mol. The number of fused-ring (bicyclic) bond motifs is 3. The van der Waals surface area contributed by atoms with E-state index in [1.807, 2.05) is 48.5 Å². The molecule has 0 aliphatic heterocycles. The Labute approximate surface area is 192 Å². The standard InChI is InChI=1S/C27H24O6/c1-31-25(28)17-14-12-16(13-15-17)22(26(29)32-2)24(27(30)33-3)23-20-10-6-4-8-18(20)19-9-5-7-11-21(19)23/h4-15,22-24H,1-3H3. The van der Waals surface area contributed by atoms with E-state index in [2.05, 4.69) is 0 Å². The molecule has 0 saturated heterocycles.